The van der Waals surface area contributed by atoms with E-state index >= 15 is 0 Å². The Kier molecular flexibility index (Phi) is 7.43. The normalized spacial score (nSPS) is 15.4. The number of carbonyl (C=O) groups excluding carboxylic acids is 1. The number of fused-ring (bicyclic) bond motifs is 1. The highest BCUT2D eigenvalue weighted by Gasteiger charge is 2.27. The van der Waals surface area contributed by atoms with E-state index in [1.54, 1.807) is 6.07 Å². The largest absolute Gasteiger partial charge is 0.351 e. The summed E-state index contributed by atoms with van der Waals surface area (Å²) >= 11 is 1.36. The van der Waals surface area contributed by atoms with Crippen molar-refractivity contribution in [2.45, 2.75) is 38.5 Å². The maximum Gasteiger partial charge on any atom is 0.281 e. The molecule has 0 radical (unpaired) electrons. The lowest BCUT2D eigenvalue weighted by Gasteiger charge is -2.31. The van der Waals surface area contributed by atoms with Gasteiger partial charge in [0, 0.05) is 25.7 Å². The molecule has 6 rings (SSSR count). The number of aromatic nitrogens is 4. The van der Waals surface area contributed by atoms with E-state index in [1.165, 1.54) is 15.9 Å². The van der Waals surface area contributed by atoms with Crippen LogP contribution in [0.5, 0.6) is 0 Å². The molecule has 2 aromatic carbocycles. The van der Waals surface area contributed by atoms with Gasteiger partial charge in [-0.05, 0) is 35.4 Å². The van der Waals surface area contributed by atoms with E-state index in [2.05, 4.69) is 10.2 Å². The van der Waals surface area contributed by atoms with Crippen LogP contribution in [0.25, 0.3) is 11.2 Å². The zero-order valence-corrected chi connectivity index (χ0v) is 22.9. The summed E-state index contributed by atoms with van der Waals surface area (Å²) in [5.41, 5.74) is 8.82. The first-order valence-corrected chi connectivity index (χ1v) is 14.3. The molecule has 5 aromatic rings. The number of Topliss-reactive ketones (excluding diaryl/α,β-unsaturated/α-hetero) is 1. The number of hydrogen-bond acceptors (Lipinski definition) is 8. The van der Waals surface area contributed by atoms with Gasteiger partial charge in [0.05, 0.1) is 18.0 Å². The van der Waals surface area contributed by atoms with Gasteiger partial charge in [-0.25, -0.2) is 0 Å². The maximum absolute atomic E-state index is 14.3. The van der Waals surface area contributed by atoms with Crippen molar-refractivity contribution in [2.75, 3.05) is 23.3 Å². The number of carbonyl (C=O) groups is 1. The minimum Gasteiger partial charge on any atom is -0.351 e. The van der Waals surface area contributed by atoms with Crippen LogP contribution in [0.4, 0.5) is 11.9 Å². The van der Waals surface area contributed by atoms with Gasteiger partial charge in [0.2, 0.25) is 11.9 Å². The Balaban J connectivity index is 1.49. The van der Waals surface area contributed by atoms with Gasteiger partial charge in [-0.2, -0.15) is 9.97 Å². The van der Waals surface area contributed by atoms with Crippen LogP contribution in [0.3, 0.4) is 0 Å². The molecule has 1 aliphatic heterocycles. The molecule has 1 saturated heterocycles. The van der Waals surface area contributed by atoms with E-state index in [-0.39, 0.29) is 23.9 Å². The average molecular weight is 554 g/mol. The number of benzene rings is 2. The minimum atomic E-state index is -0.304. The number of imidazole rings is 1. The second-order valence-corrected chi connectivity index (χ2v) is 11.0. The zero-order chi connectivity index (χ0) is 27.5. The van der Waals surface area contributed by atoms with Crippen molar-refractivity contribution < 1.29 is 4.79 Å². The fraction of sp³-hybridized carbons (Fsp3) is 0.267. The van der Waals surface area contributed by atoms with Gasteiger partial charge in [-0.3, -0.25) is 18.7 Å². The Morgan fingerprint density at radius 2 is 1.73 bits per heavy atom. The van der Waals surface area contributed by atoms with E-state index in [4.69, 9.17) is 15.7 Å². The van der Waals surface area contributed by atoms with Gasteiger partial charge < -0.3 is 16.0 Å². The third kappa shape index (κ3) is 5.41. The quantitative estimate of drug-likeness (QED) is 0.264. The lowest BCUT2D eigenvalue weighted by Crippen LogP contribution is -2.44. The summed E-state index contributed by atoms with van der Waals surface area (Å²) in [7, 11) is 0. The van der Waals surface area contributed by atoms with Crippen molar-refractivity contribution in [2.24, 2.45) is 5.73 Å². The van der Waals surface area contributed by atoms with Gasteiger partial charge in [0.25, 0.3) is 5.56 Å². The van der Waals surface area contributed by atoms with Crippen LogP contribution in [0.2, 0.25) is 0 Å². The first kappa shape index (κ1) is 26.0. The Hall–Kier alpha value is -4.28. The first-order valence-electron chi connectivity index (χ1n) is 13.5. The van der Waals surface area contributed by atoms with Crippen molar-refractivity contribution >= 4 is 40.2 Å². The van der Waals surface area contributed by atoms with Gasteiger partial charge in [0.1, 0.15) is 0 Å². The molecule has 0 saturated carbocycles. The number of anilines is 2. The molecule has 0 bridgehead atoms. The Morgan fingerprint density at radius 3 is 2.42 bits per heavy atom. The fourth-order valence-corrected chi connectivity index (χ4v) is 5.83. The highest BCUT2D eigenvalue weighted by Crippen LogP contribution is 2.25. The summed E-state index contributed by atoms with van der Waals surface area (Å²) in [4.78, 5) is 40.0. The average Bonchev–Trinajstić information content (AvgIpc) is 3.64. The standard InChI is InChI=1S/C30H31N7O2S/c31-23-13-7-15-35(19-23)30-34-27-26(36(30)18-22-11-5-2-6-12-22)28(39)37(20-24(38)25-14-8-16-40-25)29(33-27)32-17-21-9-3-1-4-10-21/h1-6,8-12,14,16,23H,7,13,15,17-20,31H2,(H,32,33). The van der Waals surface area contributed by atoms with Crippen LogP contribution >= 0.6 is 11.3 Å². The zero-order valence-electron chi connectivity index (χ0n) is 22.1. The highest BCUT2D eigenvalue weighted by atomic mass is 32.1. The van der Waals surface area contributed by atoms with Crippen molar-refractivity contribution in [1.29, 1.82) is 0 Å². The molecule has 204 valence electrons. The van der Waals surface area contributed by atoms with Gasteiger partial charge in [0.15, 0.2) is 16.9 Å². The molecule has 0 amide bonds. The lowest BCUT2D eigenvalue weighted by molar-refractivity contribution is 0.0975. The number of nitrogens with zero attached hydrogens (tertiary/aromatic N) is 5. The van der Waals surface area contributed by atoms with Crippen LogP contribution in [0, 0.1) is 0 Å². The molecule has 4 heterocycles. The summed E-state index contributed by atoms with van der Waals surface area (Å²) in [5, 5.41) is 5.16. The second kappa shape index (κ2) is 11.4. The van der Waals surface area contributed by atoms with Crippen molar-refractivity contribution in [1.82, 2.24) is 19.1 Å². The third-order valence-electron chi connectivity index (χ3n) is 7.16. The number of ketones is 1. The lowest BCUT2D eigenvalue weighted by atomic mass is 10.1. The topological polar surface area (TPSA) is 111 Å². The summed E-state index contributed by atoms with van der Waals surface area (Å²) in [6, 6.07) is 23.5. The first-order chi connectivity index (χ1) is 19.6. The molecule has 0 aliphatic carbocycles. The monoisotopic (exact) mass is 553 g/mol. The van der Waals surface area contributed by atoms with E-state index in [0.717, 1.165) is 30.5 Å². The van der Waals surface area contributed by atoms with Crippen LogP contribution in [-0.4, -0.2) is 44.0 Å². The van der Waals surface area contributed by atoms with Gasteiger partial charge in [-0.15, -0.1) is 11.3 Å². The summed E-state index contributed by atoms with van der Waals surface area (Å²) in [6.45, 7) is 2.23. The van der Waals surface area contributed by atoms with Crippen LogP contribution in [0.15, 0.2) is 83.0 Å². The number of thiophene rings is 1. The van der Waals surface area contributed by atoms with Gasteiger partial charge >= 0.3 is 0 Å². The molecule has 1 unspecified atom stereocenters. The molecule has 0 spiro atoms. The summed E-state index contributed by atoms with van der Waals surface area (Å²) < 4.78 is 3.38. The molecule has 3 aromatic heterocycles. The van der Waals surface area contributed by atoms with Crippen LogP contribution in [-0.2, 0) is 19.6 Å². The fourth-order valence-electron chi connectivity index (χ4n) is 5.17. The van der Waals surface area contributed by atoms with Crippen molar-refractivity contribution in [3.05, 3.63) is 105 Å². The Morgan fingerprint density at radius 1 is 0.975 bits per heavy atom. The predicted molar refractivity (Wildman–Crippen MR) is 159 cm³/mol. The van der Waals surface area contributed by atoms with E-state index in [1.807, 2.05) is 76.7 Å². The molecule has 10 heteroatoms. The van der Waals surface area contributed by atoms with Crippen molar-refractivity contribution in [3.8, 4) is 0 Å². The number of piperidine rings is 1. The van der Waals surface area contributed by atoms with Crippen LogP contribution < -0.4 is 21.5 Å². The summed E-state index contributed by atoms with van der Waals surface area (Å²) in [5.74, 6) is 0.852. The highest BCUT2D eigenvalue weighted by molar-refractivity contribution is 7.12. The molecule has 1 fully saturated rings. The molecule has 3 N–H and O–H groups in total. The maximum atomic E-state index is 14.3. The molecule has 1 aliphatic rings. The number of nitrogens with two attached hydrogens (primary N) is 1. The van der Waals surface area contributed by atoms with Gasteiger partial charge in [-0.1, -0.05) is 66.7 Å². The molecule has 9 nitrogen and oxygen atoms in total. The van der Waals surface area contributed by atoms with Crippen molar-refractivity contribution in [3.63, 3.8) is 0 Å². The predicted octanol–water partition coefficient (Wildman–Crippen LogP) is 4.13. The third-order valence-corrected chi connectivity index (χ3v) is 8.07. The molecular weight excluding hydrogens is 522 g/mol. The molecule has 1 atom stereocenters. The Labute approximate surface area is 235 Å². The van der Waals surface area contributed by atoms with E-state index in [0.29, 0.717) is 47.6 Å². The number of rotatable bonds is 9. The summed E-state index contributed by atoms with van der Waals surface area (Å²) in [6.07, 6.45) is 1.91. The van der Waals surface area contributed by atoms with E-state index < -0.39 is 0 Å². The van der Waals surface area contributed by atoms with Crippen LogP contribution in [0.1, 0.15) is 33.6 Å². The molecule has 40 heavy (non-hydrogen) atoms. The molecular formula is C30H31N7O2S. The van der Waals surface area contributed by atoms with E-state index in [9.17, 15) is 9.59 Å². The number of hydrogen-bond donors (Lipinski definition) is 2. The smallest absolute Gasteiger partial charge is 0.281 e. The minimum absolute atomic E-state index is 0.0369. The second-order valence-electron chi connectivity index (χ2n) is 10.1. The number of nitrogens with one attached hydrogen (secondary N) is 1. The SMILES string of the molecule is NC1CCCN(c2nc3nc(NCc4ccccc4)n(CC(=O)c4cccs4)c(=O)c3n2Cc2ccccc2)C1. The Bertz CT molecular complexity index is 1660.